The van der Waals surface area contributed by atoms with Gasteiger partial charge in [-0.15, -0.1) is 0 Å². The van der Waals surface area contributed by atoms with Crippen LogP contribution < -0.4 is 0 Å². The number of Topliss-reactive ketones (excluding diaryl/α,β-unsaturated/α-hetero) is 1. The molecule has 1 amide bonds. The Bertz CT molecular complexity index is 978. The predicted octanol–water partition coefficient (Wildman–Crippen LogP) is 4.43. The fourth-order valence-electron chi connectivity index (χ4n) is 5.32. The number of benzene rings is 1. The largest absolute Gasteiger partial charge is 0.361 e. The van der Waals surface area contributed by atoms with Crippen LogP contribution in [0.5, 0.6) is 0 Å². The van der Waals surface area contributed by atoms with E-state index in [0.29, 0.717) is 11.8 Å². The van der Waals surface area contributed by atoms with Crippen molar-refractivity contribution in [3.63, 3.8) is 0 Å². The normalized spacial score (nSPS) is 22.9. The second-order valence-electron chi connectivity index (χ2n) is 9.04. The fraction of sp³-hybridized carbons (Fsp3) is 0.538. The van der Waals surface area contributed by atoms with Crippen molar-refractivity contribution in [1.29, 1.82) is 0 Å². The van der Waals surface area contributed by atoms with Gasteiger partial charge in [0.25, 0.3) is 0 Å². The van der Waals surface area contributed by atoms with Crippen LogP contribution in [0.4, 0.5) is 0 Å². The van der Waals surface area contributed by atoms with Crippen LogP contribution in [0.1, 0.15) is 57.1 Å². The van der Waals surface area contributed by atoms with Gasteiger partial charge in [0.1, 0.15) is 5.78 Å². The molecule has 0 unspecified atom stereocenters. The lowest BCUT2D eigenvalue weighted by atomic mass is 9.79. The number of aromatic nitrogens is 1. The van der Waals surface area contributed by atoms with Crippen molar-refractivity contribution < 1.29 is 9.59 Å². The van der Waals surface area contributed by atoms with E-state index in [1.54, 1.807) is 0 Å². The molecule has 1 saturated carbocycles. The highest BCUT2D eigenvalue weighted by Crippen LogP contribution is 2.40. The van der Waals surface area contributed by atoms with Gasteiger partial charge in [0.2, 0.25) is 5.91 Å². The van der Waals surface area contributed by atoms with Gasteiger partial charge in [0.15, 0.2) is 0 Å². The van der Waals surface area contributed by atoms with Crippen LogP contribution in [-0.4, -0.2) is 59.2 Å². The minimum Gasteiger partial charge on any atom is -0.361 e. The third-order valence-electron chi connectivity index (χ3n) is 7.07. The van der Waals surface area contributed by atoms with Crippen LogP contribution in [-0.2, 0) is 16.0 Å². The Labute approximate surface area is 185 Å². The third-order valence-corrected chi connectivity index (χ3v) is 7.07. The average molecular weight is 422 g/mol. The van der Waals surface area contributed by atoms with Crippen LogP contribution in [0.2, 0.25) is 0 Å². The molecular weight excluding hydrogens is 386 g/mol. The number of nitrogens with zero attached hydrogens (tertiary/aromatic N) is 2. The molecule has 3 aliphatic rings. The van der Waals surface area contributed by atoms with E-state index in [2.05, 4.69) is 61.3 Å². The molecular formula is C26H35N3O2. The van der Waals surface area contributed by atoms with Crippen molar-refractivity contribution in [3.05, 3.63) is 41.6 Å². The molecule has 1 aromatic carbocycles. The number of hydrogen-bond acceptors (Lipinski definition) is 3. The Morgan fingerprint density at radius 1 is 1.16 bits per heavy atom. The molecule has 1 aliphatic heterocycles. The molecule has 5 heteroatoms. The molecule has 1 fully saturated rings. The van der Waals surface area contributed by atoms with E-state index in [1.165, 1.54) is 34.0 Å². The van der Waals surface area contributed by atoms with Gasteiger partial charge in [-0.25, -0.2) is 0 Å². The van der Waals surface area contributed by atoms with Crippen molar-refractivity contribution in [2.75, 3.05) is 26.7 Å². The highest BCUT2D eigenvalue weighted by Gasteiger charge is 2.36. The van der Waals surface area contributed by atoms with Gasteiger partial charge in [-0.1, -0.05) is 24.6 Å². The van der Waals surface area contributed by atoms with Gasteiger partial charge in [0.05, 0.1) is 5.92 Å². The highest BCUT2D eigenvalue weighted by molar-refractivity contribution is 5.99. The quantitative estimate of drug-likeness (QED) is 0.798. The number of amides is 1. The highest BCUT2D eigenvalue weighted by atomic mass is 16.2. The second-order valence-corrected chi connectivity index (χ2v) is 9.04. The Morgan fingerprint density at radius 2 is 1.90 bits per heavy atom. The number of fused-ring (bicyclic) bond motifs is 2. The molecule has 1 N–H and O–H groups in total. The van der Waals surface area contributed by atoms with Crippen LogP contribution in [0.3, 0.4) is 0 Å². The van der Waals surface area contributed by atoms with Crippen molar-refractivity contribution in [1.82, 2.24) is 14.8 Å². The molecule has 0 radical (unpaired) electrons. The molecule has 2 aliphatic carbocycles. The lowest BCUT2D eigenvalue weighted by molar-refractivity contribution is -0.134. The van der Waals surface area contributed by atoms with Crippen LogP contribution in [0.25, 0.3) is 16.5 Å². The summed E-state index contributed by atoms with van der Waals surface area (Å²) in [6, 6.07) is 6.82. The number of aromatic amines is 1. The standard InChI is InChI=1S/C20H25N3O.C6H10O/c1-4-23(5-2)20(24)14-9-16-15-7-6-8-17-19(15)13(11-21-17)10-18(16)22(3)12-14;7-6-4-2-1-3-5-6/h6-9,11,14,18,21H,4-5,10,12H2,1-3H3;1-5H2/t14-,18-;/m1./s1. The number of H-pyrrole nitrogens is 1. The first-order valence-corrected chi connectivity index (χ1v) is 11.8. The number of hydrogen-bond donors (Lipinski definition) is 1. The number of nitrogens with one attached hydrogen (secondary N) is 1. The zero-order valence-electron chi connectivity index (χ0n) is 19.1. The number of ketones is 1. The van der Waals surface area contributed by atoms with Gasteiger partial charge in [0, 0.05) is 55.6 Å². The minimum atomic E-state index is -0.0445. The molecule has 166 valence electrons. The minimum absolute atomic E-state index is 0.0445. The molecule has 31 heavy (non-hydrogen) atoms. The Balaban J connectivity index is 0.000000282. The lowest BCUT2D eigenvalue weighted by Crippen LogP contribution is -2.47. The molecule has 1 aromatic heterocycles. The van der Waals surface area contributed by atoms with Gasteiger partial charge in [-0.05, 0) is 62.9 Å². The van der Waals surface area contributed by atoms with E-state index in [0.717, 1.165) is 51.7 Å². The maximum absolute atomic E-state index is 12.9. The summed E-state index contributed by atoms with van der Waals surface area (Å²) in [6.45, 7) is 6.47. The van der Waals surface area contributed by atoms with Gasteiger partial charge in [-0.2, -0.15) is 0 Å². The first-order chi connectivity index (χ1) is 15.0. The Morgan fingerprint density at radius 3 is 2.55 bits per heavy atom. The number of carbonyl (C=O) groups is 2. The van der Waals surface area contributed by atoms with E-state index in [-0.39, 0.29) is 11.8 Å². The maximum Gasteiger partial charge on any atom is 0.230 e. The van der Waals surface area contributed by atoms with Gasteiger partial charge in [-0.3, -0.25) is 14.5 Å². The SMILES string of the molecule is CCN(CC)C(=O)[C@@H]1C=C2c3cccc4[nH]cc(c34)C[C@H]2N(C)C1.O=C1CCCCC1. The Kier molecular flexibility index (Phi) is 6.61. The summed E-state index contributed by atoms with van der Waals surface area (Å²) in [5.74, 6) is 0.674. The van der Waals surface area contributed by atoms with Crippen molar-refractivity contribution >= 4 is 28.2 Å². The van der Waals surface area contributed by atoms with Gasteiger partial charge < -0.3 is 9.88 Å². The summed E-state index contributed by atoms with van der Waals surface area (Å²) in [7, 11) is 2.15. The van der Waals surface area contributed by atoms with E-state index in [4.69, 9.17) is 0 Å². The summed E-state index contributed by atoms with van der Waals surface area (Å²) < 4.78 is 0. The summed E-state index contributed by atoms with van der Waals surface area (Å²) >= 11 is 0. The Hall–Kier alpha value is -2.40. The zero-order valence-corrected chi connectivity index (χ0v) is 19.1. The molecule has 2 heterocycles. The van der Waals surface area contributed by atoms with Gasteiger partial charge >= 0.3 is 0 Å². The molecule has 2 aromatic rings. The molecule has 2 atom stereocenters. The third kappa shape index (κ3) is 4.33. The number of likely N-dealkylation sites (N-methyl/N-ethyl adjacent to an activating group) is 1. The van der Waals surface area contributed by atoms with E-state index in [9.17, 15) is 9.59 Å². The van der Waals surface area contributed by atoms with E-state index >= 15 is 0 Å². The topological polar surface area (TPSA) is 56.4 Å². The van der Waals surface area contributed by atoms with Crippen molar-refractivity contribution in [3.8, 4) is 0 Å². The second kappa shape index (κ2) is 9.39. The molecule has 0 bridgehead atoms. The molecule has 5 rings (SSSR count). The number of rotatable bonds is 3. The molecule has 5 nitrogen and oxygen atoms in total. The molecule has 0 saturated heterocycles. The van der Waals surface area contributed by atoms with Crippen LogP contribution in [0, 0.1) is 5.92 Å². The smallest absolute Gasteiger partial charge is 0.230 e. The summed E-state index contributed by atoms with van der Waals surface area (Å²) in [5.41, 5.74) is 5.21. The number of carbonyl (C=O) groups excluding carboxylic acids is 2. The maximum atomic E-state index is 12.9. The average Bonchev–Trinajstić information content (AvgIpc) is 3.20. The monoisotopic (exact) mass is 421 g/mol. The van der Waals surface area contributed by atoms with Crippen LogP contribution in [0.15, 0.2) is 30.5 Å². The van der Waals surface area contributed by atoms with Crippen LogP contribution >= 0.6 is 0 Å². The summed E-state index contributed by atoms with van der Waals surface area (Å²) in [6.07, 6.45) is 10.6. The van der Waals surface area contributed by atoms with Crippen molar-refractivity contribution in [2.45, 2.75) is 58.4 Å². The molecule has 0 spiro atoms. The zero-order chi connectivity index (χ0) is 22.0. The predicted molar refractivity (Wildman–Crippen MR) is 126 cm³/mol. The van der Waals surface area contributed by atoms with E-state index < -0.39 is 0 Å². The van der Waals surface area contributed by atoms with Crippen molar-refractivity contribution in [2.24, 2.45) is 5.92 Å². The summed E-state index contributed by atoms with van der Waals surface area (Å²) in [4.78, 5) is 31.0. The fourth-order valence-corrected chi connectivity index (χ4v) is 5.32. The summed E-state index contributed by atoms with van der Waals surface area (Å²) in [5, 5.41) is 1.34. The lowest BCUT2D eigenvalue weighted by Gasteiger charge is -2.40. The first kappa shape index (κ1) is 21.8. The van der Waals surface area contributed by atoms with E-state index in [1.807, 2.05) is 4.90 Å². The first-order valence-electron chi connectivity index (χ1n) is 11.8.